The van der Waals surface area contributed by atoms with Crippen LogP contribution in [-0.4, -0.2) is 65.3 Å². The van der Waals surface area contributed by atoms with Crippen LogP contribution in [0.25, 0.3) is 0 Å². The van der Waals surface area contributed by atoms with Crippen LogP contribution in [0.2, 0.25) is 0 Å². The van der Waals surface area contributed by atoms with E-state index in [1.807, 2.05) is 6.07 Å². The lowest BCUT2D eigenvalue weighted by Crippen LogP contribution is -2.58. The molecule has 0 heterocycles. The van der Waals surface area contributed by atoms with Gasteiger partial charge in [0.25, 0.3) is 0 Å². The summed E-state index contributed by atoms with van der Waals surface area (Å²) in [4.78, 5) is 50.0. The molecule has 0 saturated heterocycles. The van der Waals surface area contributed by atoms with E-state index in [4.69, 9.17) is 11.5 Å². The Balaban J connectivity index is 3.09. The van der Waals surface area contributed by atoms with Crippen molar-refractivity contribution in [2.24, 2.45) is 17.4 Å². The summed E-state index contributed by atoms with van der Waals surface area (Å²) in [6.45, 7) is 3.79. The number of unbranched alkanes of at least 4 members (excludes halogenated alkanes) is 1. The van der Waals surface area contributed by atoms with Crippen LogP contribution in [0.5, 0.6) is 0 Å². The number of carbonyl (C=O) groups excluding carboxylic acids is 3. The third-order valence-corrected chi connectivity index (χ3v) is 5.65. The fourth-order valence-electron chi connectivity index (χ4n) is 3.22. The van der Waals surface area contributed by atoms with E-state index < -0.39 is 47.9 Å². The first kappa shape index (κ1) is 29.4. The lowest BCUT2D eigenvalue weighted by atomic mass is 10.0. The number of hydrogen-bond donors (Lipinski definition) is 7. The standard InChI is InChI=1S/C23H37N5O5S/c1-14(2)19(23(32)33)28-22(31)18(12-15-8-4-3-5-9-15)27-21(30)17(10-6-7-11-24)26-20(29)16(25)13-34/h3-5,8-9,14,16-19,34H,6-7,10-13,24-25H2,1-2H3,(H,26,29)(H,27,30)(H,28,31)(H,32,33). The molecule has 0 aliphatic rings. The Kier molecular flexibility index (Phi) is 13.2. The lowest BCUT2D eigenvalue weighted by Gasteiger charge is -2.26. The molecule has 0 saturated carbocycles. The number of aliphatic carboxylic acids is 1. The van der Waals surface area contributed by atoms with Gasteiger partial charge in [0, 0.05) is 12.2 Å². The average Bonchev–Trinajstić information content (AvgIpc) is 2.80. The first-order chi connectivity index (χ1) is 16.1. The Morgan fingerprint density at radius 3 is 2.06 bits per heavy atom. The van der Waals surface area contributed by atoms with E-state index in [0.717, 1.165) is 5.56 Å². The van der Waals surface area contributed by atoms with Gasteiger partial charge >= 0.3 is 5.97 Å². The second kappa shape index (κ2) is 15.3. The number of benzene rings is 1. The maximum Gasteiger partial charge on any atom is 0.326 e. The molecule has 11 heteroatoms. The van der Waals surface area contributed by atoms with Gasteiger partial charge in [-0.3, -0.25) is 14.4 Å². The van der Waals surface area contributed by atoms with Crippen molar-refractivity contribution in [1.29, 1.82) is 0 Å². The molecule has 1 aromatic rings. The predicted octanol–water partition coefficient (Wildman–Crippen LogP) is -0.190. The number of carbonyl (C=O) groups is 4. The van der Waals surface area contributed by atoms with Gasteiger partial charge < -0.3 is 32.5 Å². The van der Waals surface area contributed by atoms with E-state index in [1.165, 1.54) is 0 Å². The fourth-order valence-corrected chi connectivity index (χ4v) is 3.39. The lowest BCUT2D eigenvalue weighted by molar-refractivity contribution is -0.143. The molecule has 3 amide bonds. The summed E-state index contributed by atoms with van der Waals surface area (Å²) in [6, 6.07) is 5.04. The van der Waals surface area contributed by atoms with Crippen molar-refractivity contribution in [2.75, 3.05) is 12.3 Å². The van der Waals surface area contributed by atoms with Gasteiger partial charge in [0.15, 0.2) is 0 Å². The molecule has 190 valence electrons. The maximum atomic E-state index is 13.1. The van der Waals surface area contributed by atoms with Gasteiger partial charge in [0.05, 0.1) is 6.04 Å². The van der Waals surface area contributed by atoms with Gasteiger partial charge in [-0.25, -0.2) is 4.79 Å². The number of nitrogens with two attached hydrogens (primary N) is 2. The van der Waals surface area contributed by atoms with E-state index >= 15 is 0 Å². The number of amides is 3. The Hall–Kier alpha value is -2.63. The van der Waals surface area contributed by atoms with Crippen LogP contribution < -0.4 is 27.4 Å². The largest absolute Gasteiger partial charge is 0.480 e. The minimum atomic E-state index is -1.17. The summed E-state index contributed by atoms with van der Waals surface area (Å²) in [5.41, 5.74) is 12.0. The zero-order valence-electron chi connectivity index (χ0n) is 19.7. The zero-order valence-corrected chi connectivity index (χ0v) is 20.6. The van der Waals surface area contributed by atoms with Gasteiger partial charge in [-0.2, -0.15) is 12.6 Å². The molecule has 0 aliphatic carbocycles. The minimum Gasteiger partial charge on any atom is -0.480 e. The number of rotatable bonds is 15. The SMILES string of the molecule is CC(C)C(NC(=O)C(Cc1ccccc1)NC(=O)C(CCCCN)NC(=O)C(N)CS)C(=O)O. The van der Waals surface area contributed by atoms with Crippen LogP contribution in [-0.2, 0) is 25.6 Å². The number of thiol groups is 1. The summed E-state index contributed by atoms with van der Waals surface area (Å²) in [5, 5.41) is 17.3. The highest BCUT2D eigenvalue weighted by Gasteiger charge is 2.31. The molecule has 4 atom stereocenters. The Morgan fingerprint density at radius 1 is 0.941 bits per heavy atom. The third kappa shape index (κ3) is 10.1. The Morgan fingerprint density at radius 2 is 1.53 bits per heavy atom. The number of hydrogen-bond acceptors (Lipinski definition) is 7. The number of carboxylic acid groups (broad SMARTS) is 1. The van der Waals surface area contributed by atoms with Gasteiger partial charge in [0.1, 0.15) is 18.1 Å². The van der Waals surface area contributed by atoms with Crippen molar-refractivity contribution >= 4 is 36.3 Å². The van der Waals surface area contributed by atoms with E-state index in [1.54, 1.807) is 38.1 Å². The van der Waals surface area contributed by atoms with Gasteiger partial charge in [-0.05, 0) is 37.3 Å². The smallest absolute Gasteiger partial charge is 0.326 e. The zero-order chi connectivity index (χ0) is 25.7. The van der Waals surface area contributed by atoms with E-state index in [0.29, 0.717) is 25.8 Å². The summed E-state index contributed by atoms with van der Waals surface area (Å²) >= 11 is 4.01. The number of nitrogens with one attached hydrogen (secondary N) is 3. The maximum absolute atomic E-state index is 13.1. The van der Waals surface area contributed by atoms with Gasteiger partial charge in [0.2, 0.25) is 17.7 Å². The van der Waals surface area contributed by atoms with Crippen molar-refractivity contribution in [3.8, 4) is 0 Å². The third-order valence-electron chi connectivity index (χ3n) is 5.26. The van der Waals surface area contributed by atoms with E-state index in [9.17, 15) is 24.3 Å². The summed E-state index contributed by atoms with van der Waals surface area (Å²) in [5.74, 6) is -3.14. The Bertz CT molecular complexity index is 808. The molecule has 0 aliphatic heterocycles. The summed E-state index contributed by atoms with van der Waals surface area (Å²) in [7, 11) is 0. The molecule has 4 unspecified atom stereocenters. The monoisotopic (exact) mass is 495 g/mol. The highest BCUT2D eigenvalue weighted by Crippen LogP contribution is 2.08. The highest BCUT2D eigenvalue weighted by molar-refractivity contribution is 7.80. The molecule has 8 N–H and O–H groups in total. The quantitative estimate of drug-likeness (QED) is 0.130. The van der Waals surface area contributed by atoms with Crippen LogP contribution in [0.4, 0.5) is 0 Å². The molecule has 10 nitrogen and oxygen atoms in total. The first-order valence-electron chi connectivity index (χ1n) is 11.3. The molecule has 0 aromatic heterocycles. The second-order valence-corrected chi connectivity index (χ2v) is 8.82. The fraction of sp³-hybridized carbons (Fsp3) is 0.565. The van der Waals surface area contributed by atoms with Crippen LogP contribution in [0.15, 0.2) is 30.3 Å². The van der Waals surface area contributed by atoms with Crippen LogP contribution >= 0.6 is 12.6 Å². The predicted molar refractivity (Wildman–Crippen MR) is 133 cm³/mol. The van der Waals surface area contributed by atoms with Crippen LogP contribution in [0, 0.1) is 5.92 Å². The molecule has 0 spiro atoms. The molecule has 34 heavy (non-hydrogen) atoms. The van der Waals surface area contributed by atoms with E-state index in [-0.39, 0.29) is 18.1 Å². The normalized spacial score (nSPS) is 14.5. The van der Waals surface area contributed by atoms with Crippen LogP contribution in [0.3, 0.4) is 0 Å². The minimum absolute atomic E-state index is 0.105. The van der Waals surface area contributed by atoms with E-state index in [2.05, 4.69) is 28.6 Å². The molecule has 0 radical (unpaired) electrons. The Labute approximate surface area is 206 Å². The van der Waals surface area contributed by atoms with Gasteiger partial charge in [-0.1, -0.05) is 44.2 Å². The van der Waals surface area contributed by atoms with Crippen molar-refractivity contribution in [1.82, 2.24) is 16.0 Å². The molecular weight excluding hydrogens is 458 g/mol. The topological polar surface area (TPSA) is 177 Å². The van der Waals surface area contributed by atoms with Crippen molar-refractivity contribution in [2.45, 2.75) is 63.7 Å². The van der Waals surface area contributed by atoms with Crippen molar-refractivity contribution in [3.63, 3.8) is 0 Å². The number of carboxylic acids is 1. The molecule has 1 rings (SSSR count). The molecular formula is C23H37N5O5S. The molecule has 0 bridgehead atoms. The summed E-state index contributed by atoms with van der Waals surface area (Å²) < 4.78 is 0. The molecule has 0 fully saturated rings. The highest BCUT2D eigenvalue weighted by atomic mass is 32.1. The first-order valence-corrected chi connectivity index (χ1v) is 12.0. The second-order valence-electron chi connectivity index (χ2n) is 8.45. The summed E-state index contributed by atoms with van der Waals surface area (Å²) in [6.07, 6.45) is 1.68. The van der Waals surface area contributed by atoms with Gasteiger partial charge in [-0.15, -0.1) is 0 Å². The van der Waals surface area contributed by atoms with Crippen molar-refractivity contribution < 1.29 is 24.3 Å². The average molecular weight is 496 g/mol. The van der Waals surface area contributed by atoms with Crippen LogP contribution in [0.1, 0.15) is 38.7 Å². The molecule has 1 aromatic carbocycles. The van der Waals surface area contributed by atoms with Crippen molar-refractivity contribution in [3.05, 3.63) is 35.9 Å².